The van der Waals surface area contributed by atoms with Gasteiger partial charge in [-0.15, -0.1) is 0 Å². The van der Waals surface area contributed by atoms with Crippen molar-refractivity contribution in [1.29, 1.82) is 0 Å². The first kappa shape index (κ1) is 15.5. The van der Waals surface area contributed by atoms with Crippen LogP contribution in [0.5, 0.6) is 0 Å². The van der Waals surface area contributed by atoms with Crippen LogP contribution in [0.1, 0.15) is 44.1 Å². The van der Waals surface area contributed by atoms with Gasteiger partial charge in [0.05, 0.1) is 0 Å². The lowest BCUT2D eigenvalue weighted by Crippen LogP contribution is -2.39. The van der Waals surface area contributed by atoms with Crippen LogP contribution >= 0.6 is 0 Å². The fourth-order valence-electron chi connectivity index (χ4n) is 2.94. The van der Waals surface area contributed by atoms with Crippen molar-refractivity contribution in [2.24, 2.45) is 5.92 Å². The zero-order valence-electron chi connectivity index (χ0n) is 12.3. The molecule has 0 aromatic carbocycles. The summed E-state index contributed by atoms with van der Waals surface area (Å²) < 4.78 is 32.1. The summed E-state index contributed by atoms with van der Waals surface area (Å²) in [5.41, 5.74) is 0. The van der Waals surface area contributed by atoms with E-state index < -0.39 is 10.0 Å². The Morgan fingerprint density at radius 3 is 2.70 bits per heavy atom. The van der Waals surface area contributed by atoms with Gasteiger partial charge in [0.1, 0.15) is 23.0 Å². The van der Waals surface area contributed by atoms with Gasteiger partial charge in [-0.3, -0.25) is 0 Å². The SMILES string of the molecule is Cc1oc(CO)cc1S(=O)(=O)N(C)C1CCCC(C)C1. The Labute approximate surface area is 120 Å². The zero-order chi connectivity index (χ0) is 14.9. The Hall–Kier alpha value is -0.850. The highest BCUT2D eigenvalue weighted by Crippen LogP contribution is 2.31. The Morgan fingerprint density at radius 1 is 1.45 bits per heavy atom. The summed E-state index contributed by atoms with van der Waals surface area (Å²) in [7, 11) is -1.91. The van der Waals surface area contributed by atoms with Crippen molar-refractivity contribution in [3.05, 3.63) is 17.6 Å². The average Bonchev–Trinajstić information content (AvgIpc) is 2.80. The second kappa shape index (κ2) is 5.87. The summed E-state index contributed by atoms with van der Waals surface area (Å²) in [4.78, 5) is 0.169. The van der Waals surface area contributed by atoms with Crippen molar-refractivity contribution in [2.75, 3.05) is 7.05 Å². The Morgan fingerprint density at radius 2 is 2.15 bits per heavy atom. The highest BCUT2D eigenvalue weighted by atomic mass is 32.2. The number of rotatable bonds is 4. The van der Waals surface area contributed by atoms with Crippen molar-refractivity contribution in [2.45, 2.75) is 57.1 Å². The Kier molecular flexibility index (Phi) is 4.56. The number of hydrogen-bond acceptors (Lipinski definition) is 4. The molecule has 1 fully saturated rings. The molecule has 1 N–H and O–H groups in total. The first-order chi connectivity index (χ1) is 9.36. The molecule has 1 aliphatic carbocycles. The molecule has 0 radical (unpaired) electrons. The summed E-state index contributed by atoms with van der Waals surface area (Å²) in [6.07, 6.45) is 4.05. The molecule has 1 aliphatic rings. The number of furan rings is 1. The van der Waals surface area contributed by atoms with Crippen LogP contribution in [0.2, 0.25) is 0 Å². The van der Waals surface area contributed by atoms with E-state index in [0.29, 0.717) is 11.7 Å². The van der Waals surface area contributed by atoms with E-state index in [4.69, 9.17) is 9.52 Å². The van der Waals surface area contributed by atoms with Gasteiger partial charge in [0, 0.05) is 19.2 Å². The first-order valence-electron chi connectivity index (χ1n) is 7.04. The maximum Gasteiger partial charge on any atom is 0.246 e. The quantitative estimate of drug-likeness (QED) is 0.926. The monoisotopic (exact) mass is 301 g/mol. The minimum Gasteiger partial charge on any atom is -0.462 e. The van der Waals surface area contributed by atoms with Crippen LogP contribution in [-0.4, -0.2) is 30.9 Å². The Balaban J connectivity index is 2.26. The lowest BCUT2D eigenvalue weighted by atomic mass is 9.87. The molecule has 0 bridgehead atoms. The number of nitrogens with zero attached hydrogens (tertiary/aromatic N) is 1. The standard InChI is InChI=1S/C14H23NO4S/c1-10-5-4-6-12(7-10)15(3)20(17,18)14-8-13(9-16)19-11(14)2/h8,10,12,16H,4-7,9H2,1-3H3. The lowest BCUT2D eigenvalue weighted by molar-refractivity contribution is 0.238. The molecule has 2 rings (SSSR count). The average molecular weight is 301 g/mol. The van der Waals surface area contributed by atoms with Crippen LogP contribution < -0.4 is 0 Å². The van der Waals surface area contributed by atoms with E-state index in [1.165, 1.54) is 16.8 Å². The van der Waals surface area contributed by atoms with E-state index >= 15 is 0 Å². The molecule has 1 heterocycles. The van der Waals surface area contributed by atoms with Crippen LogP contribution in [0.3, 0.4) is 0 Å². The topological polar surface area (TPSA) is 70.8 Å². The number of hydrogen-bond donors (Lipinski definition) is 1. The lowest BCUT2D eigenvalue weighted by Gasteiger charge is -2.33. The van der Waals surface area contributed by atoms with E-state index in [-0.39, 0.29) is 23.3 Å². The van der Waals surface area contributed by atoms with Crippen molar-refractivity contribution >= 4 is 10.0 Å². The molecule has 5 nitrogen and oxygen atoms in total. The largest absolute Gasteiger partial charge is 0.462 e. The van der Waals surface area contributed by atoms with Gasteiger partial charge in [-0.05, 0) is 25.7 Å². The van der Waals surface area contributed by atoms with E-state index in [0.717, 1.165) is 19.3 Å². The molecule has 2 unspecified atom stereocenters. The molecule has 2 atom stereocenters. The summed E-state index contributed by atoms with van der Waals surface area (Å²) in [6, 6.07) is 1.48. The minimum absolute atomic E-state index is 0.0515. The van der Waals surface area contributed by atoms with Crippen LogP contribution in [0, 0.1) is 12.8 Å². The van der Waals surface area contributed by atoms with E-state index in [1.54, 1.807) is 14.0 Å². The minimum atomic E-state index is -3.55. The fourth-order valence-corrected chi connectivity index (χ4v) is 4.52. The van der Waals surface area contributed by atoms with Gasteiger partial charge in [-0.1, -0.05) is 19.8 Å². The van der Waals surface area contributed by atoms with E-state index in [1.807, 2.05) is 0 Å². The molecule has 114 valence electrons. The normalized spacial score (nSPS) is 24.2. The first-order valence-corrected chi connectivity index (χ1v) is 8.48. The van der Waals surface area contributed by atoms with Gasteiger partial charge in [0.15, 0.2) is 0 Å². The number of sulfonamides is 1. The van der Waals surface area contributed by atoms with Gasteiger partial charge >= 0.3 is 0 Å². The maximum absolute atomic E-state index is 12.7. The third kappa shape index (κ3) is 2.92. The molecule has 0 spiro atoms. The molecule has 0 aliphatic heterocycles. The predicted octanol–water partition coefficient (Wildman–Crippen LogP) is 2.28. The van der Waals surface area contributed by atoms with Gasteiger partial charge in [-0.25, -0.2) is 8.42 Å². The van der Waals surface area contributed by atoms with Crippen molar-refractivity contribution < 1.29 is 17.9 Å². The van der Waals surface area contributed by atoms with E-state index in [9.17, 15) is 8.42 Å². The zero-order valence-corrected chi connectivity index (χ0v) is 13.1. The van der Waals surface area contributed by atoms with Gasteiger partial charge < -0.3 is 9.52 Å². The van der Waals surface area contributed by atoms with Gasteiger partial charge in [0.25, 0.3) is 0 Å². The number of aliphatic hydroxyl groups excluding tert-OH is 1. The third-order valence-corrected chi connectivity index (χ3v) is 6.18. The summed E-state index contributed by atoms with van der Waals surface area (Å²) >= 11 is 0. The molecule has 0 amide bonds. The van der Waals surface area contributed by atoms with Crippen molar-refractivity contribution in [1.82, 2.24) is 4.31 Å². The van der Waals surface area contributed by atoms with Gasteiger partial charge in [-0.2, -0.15) is 4.31 Å². The second-order valence-corrected chi connectivity index (χ2v) is 7.70. The molecular weight excluding hydrogens is 278 g/mol. The van der Waals surface area contributed by atoms with Crippen molar-refractivity contribution in [3.8, 4) is 0 Å². The highest BCUT2D eigenvalue weighted by Gasteiger charge is 2.33. The molecule has 1 aromatic heterocycles. The Bertz CT molecular complexity index is 564. The van der Waals surface area contributed by atoms with E-state index in [2.05, 4.69) is 6.92 Å². The molecule has 6 heteroatoms. The fraction of sp³-hybridized carbons (Fsp3) is 0.714. The number of aliphatic hydroxyl groups is 1. The summed E-state index contributed by atoms with van der Waals surface area (Å²) in [5.74, 6) is 1.18. The van der Waals surface area contributed by atoms with Crippen LogP contribution in [-0.2, 0) is 16.6 Å². The maximum atomic E-state index is 12.7. The predicted molar refractivity (Wildman–Crippen MR) is 75.7 cm³/mol. The van der Waals surface area contributed by atoms with Gasteiger partial charge in [0.2, 0.25) is 10.0 Å². The second-order valence-electron chi connectivity index (χ2n) is 5.74. The number of aryl methyl sites for hydroxylation is 1. The molecule has 1 aromatic rings. The molecule has 1 saturated carbocycles. The molecular formula is C14H23NO4S. The summed E-state index contributed by atoms with van der Waals surface area (Å²) in [6.45, 7) is 3.49. The molecule has 0 saturated heterocycles. The van der Waals surface area contributed by atoms with Crippen LogP contribution in [0.25, 0.3) is 0 Å². The summed E-state index contributed by atoms with van der Waals surface area (Å²) in [5, 5.41) is 9.06. The van der Waals surface area contributed by atoms with Crippen LogP contribution in [0.4, 0.5) is 0 Å². The molecule has 20 heavy (non-hydrogen) atoms. The smallest absolute Gasteiger partial charge is 0.246 e. The van der Waals surface area contributed by atoms with Crippen LogP contribution in [0.15, 0.2) is 15.4 Å². The van der Waals surface area contributed by atoms with Crippen molar-refractivity contribution in [3.63, 3.8) is 0 Å². The third-order valence-electron chi connectivity index (χ3n) is 4.16. The highest BCUT2D eigenvalue weighted by molar-refractivity contribution is 7.89.